The van der Waals surface area contributed by atoms with Gasteiger partial charge in [-0.05, 0) is 31.0 Å². The minimum absolute atomic E-state index is 0.0945. The molecule has 1 atom stereocenters. The number of aryl methyl sites for hydroxylation is 1. The van der Waals surface area contributed by atoms with Gasteiger partial charge in [-0.25, -0.2) is 4.98 Å². The summed E-state index contributed by atoms with van der Waals surface area (Å²) in [4.78, 5) is 15.9. The van der Waals surface area contributed by atoms with Gasteiger partial charge < -0.3 is 19.1 Å². The molecule has 0 aliphatic carbocycles. The second-order valence-electron chi connectivity index (χ2n) is 5.22. The van der Waals surface area contributed by atoms with E-state index in [2.05, 4.69) is 4.98 Å². The van der Waals surface area contributed by atoms with Crippen LogP contribution < -0.4 is 4.74 Å². The molecule has 0 saturated heterocycles. The smallest absolute Gasteiger partial charge is 0.318 e. The number of ether oxygens (including phenoxy) is 2. The van der Waals surface area contributed by atoms with E-state index < -0.39 is 0 Å². The molecule has 2 aromatic rings. The maximum atomic E-state index is 11.6. The van der Waals surface area contributed by atoms with Crippen molar-refractivity contribution in [2.24, 2.45) is 0 Å². The molecule has 1 aromatic carbocycles. The average Bonchev–Trinajstić information content (AvgIpc) is 3.01. The van der Waals surface area contributed by atoms with Crippen LogP contribution in [-0.2, 0) is 29.1 Å². The minimum Gasteiger partial charge on any atom is -0.497 e. The van der Waals surface area contributed by atoms with Gasteiger partial charge in [0.15, 0.2) is 5.16 Å². The summed E-state index contributed by atoms with van der Waals surface area (Å²) in [7, 11) is 3.01. The van der Waals surface area contributed by atoms with Crippen LogP contribution in [-0.4, -0.2) is 40.1 Å². The zero-order valence-electron chi connectivity index (χ0n) is 14.1. The standard InChI is InChI=1S/C17H22N2O4S/c1-12(16(21)23-3)24-17-18-10-14(11-20)19(17)9-8-13-4-6-15(22-2)7-5-13/h4-7,10,12,20H,8-9,11H2,1-3H3. The number of carbonyl (C=O) groups excluding carboxylic acids is 1. The molecule has 130 valence electrons. The van der Waals surface area contributed by atoms with Gasteiger partial charge in [0.25, 0.3) is 0 Å². The van der Waals surface area contributed by atoms with Crippen LogP contribution >= 0.6 is 11.8 Å². The van der Waals surface area contributed by atoms with Crippen molar-refractivity contribution in [1.82, 2.24) is 9.55 Å². The molecule has 0 aliphatic rings. The lowest BCUT2D eigenvalue weighted by Crippen LogP contribution is -2.16. The summed E-state index contributed by atoms with van der Waals surface area (Å²) in [5.74, 6) is 0.524. The molecule has 0 amide bonds. The van der Waals surface area contributed by atoms with Gasteiger partial charge in [0.1, 0.15) is 11.0 Å². The number of hydrogen-bond donors (Lipinski definition) is 1. The maximum absolute atomic E-state index is 11.6. The number of hydrogen-bond acceptors (Lipinski definition) is 6. The van der Waals surface area contributed by atoms with Crippen molar-refractivity contribution in [3.05, 3.63) is 41.7 Å². The van der Waals surface area contributed by atoms with Crippen molar-refractivity contribution in [1.29, 1.82) is 0 Å². The number of aliphatic hydroxyl groups is 1. The van der Waals surface area contributed by atoms with E-state index in [1.165, 1.54) is 18.9 Å². The predicted molar refractivity (Wildman–Crippen MR) is 92.2 cm³/mol. The number of rotatable bonds is 8. The minimum atomic E-state index is -0.358. The zero-order chi connectivity index (χ0) is 17.5. The number of imidazole rings is 1. The van der Waals surface area contributed by atoms with Crippen molar-refractivity contribution < 1.29 is 19.4 Å². The van der Waals surface area contributed by atoms with Gasteiger partial charge >= 0.3 is 5.97 Å². The summed E-state index contributed by atoms with van der Waals surface area (Å²) in [6.07, 6.45) is 2.42. The molecule has 0 radical (unpaired) electrons. The maximum Gasteiger partial charge on any atom is 0.318 e. The SMILES string of the molecule is COC(=O)C(C)Sc1ncc(CO)n1CCc1ccc(OC)cc1. The molecule has 1 unspecified atom stereocenters. The molecule has 2 rings (SSSR count). The van der Waals surface area contributed by atoms with E-state index in [1.54, 1.807) is 20.2 Å². The highest BCUT2D eigenvalue weighted by molar-refractivity contribution is 8.00. The molecule has 0 fully saturated rings. The third kappa shape index (κ3) is 4.52. The number of aromatic nitrogens is 2. The first kappa shape index (κ1) is 18.4. The Balaban J connectivity index is 2.09. The first-order valence-electron chi connectivity index (χ1n) is 7.61. The van der Waals surface area contributed by atoms with E-state index in [1.807, 2.05) is 28.8 Å². The van der Waals surface area contributed by atoms with Crippen LogP contribution in [0.2, 0.25) is 0 Å². The van der Waals surface area contributed by atoms with E-state index in [0.29, 0.717) is 11.7 Å². The summed E-state index contributed by atoms with van der Waals surface area (Å²) in [5, 5.41) is 9.85. The number of thioether (sulfide) groups is 1. The zero-order valence-corrected chi connectivity index (χ0v) is 14.9. The Morgan fingerprint density at radius 1 is 1.33 bits per heavy atom. The topological polar surface area (TPSA) is 73.6 Å². The first-order chi connectivity index (χ1) is 11.6. The highest BCUT2D eigenvalue weighted by atomic mass is 32.2. The molecule has 0 spiro atoms. The van der Waals surface area contributed by atoms with E-state index >= 15 is 0 Å². The van der Waals surface area contributed by atoms with Gasteiger partial charge in [-0.3, -0.25) is 4.79 Å². The summed E-state index contributed by atoms with van der Waals surface area (Å²) >= 11 is 1.33. The Morgan fingerprint density at radius 3 is 2.62 bits per heavy atom. The lowest BCUT2D eigenvalue weighted by Gasteiger charge is -2.13. The van der Waals surface area contributed by atoms with Gasteiger partial charge in [-0.1, -0.05) is 23.9 Å². The van der Waals surface area contributed by atoms with Crippen molar-refractivity contribution in [3.63, 3.8) is 0 Å². The van der Waals surface area contributed by atoms with Crippen LogP contribution in [0, 0.1) is 0 Å². The third-order valence-electron chi connectivity index (χ3n) is 3.66. The van der Waals surface area contributed by atoms with Gasteiger partial charge in [0.2, 0.25) is 0 Å². The fourth-order valence-electron chi connectivity index (χ4n) is 2.26. The van der Waals surface area contributed by atoms with Gasteiger partial charge in [0.05, 0.1) is 32.7 Å². The number of esters is 1. The van der Waals surface area contributed by atoms with E-state index in [9.17, 15) is 9.90 Å². The van der Waals surface area contributed by atoms with Crippen LogP contribution in [0.4, 0.5) is 0 Å². The highest BCUT2D eigenvalue weighted by Crippen LogP contribution is 2.25. The predicted octanol–water partition coefficient (Wildman–Crippen LogP) is 2.28. The Kier molecular flexibility index (Phi) is 6.69. The number of carbonyl (C=O) groups is 1. The van der Waals surface area contributed by atoms with Crippen molar-refractivity contribution in [2.75, 3.05) is 14.2 Å². The largest absolute Gasteiger partial charge is 0.497 e. The van der Waals surface area contributed by atoms with Gasteiger partial charge in [-0.15, -0.1) is 0 Å². The lowest BCUT2D eigenvalue weighted by molar-refractivity contribution is -0.139. The Hall–Kier alpha value is -1.99. The van der Waals surface area contributed by atoms with Crippen molar-refractivity contribution in [2.45, 2.75) is 36.9 Å². The average molecular weight is 350 g/mol. The summed E-state index contributed by atoms with van der Waals surface area (Å²) in [6, 6.07) is 7.87. The van der Waals surface area contributed by atoms with Crippen LogP contribution in [0.3, 0.4) is 0 Å². The second kappa shape index (κ2) is 8.75. The van der Waals surface area contributed by atoms with Crippen LogP contribution in [0.25, 0.3) is 0 Å². The third-order valence-corrected chi connectivity index (χ3v) is 4.74. The second-order valence-corrected chi connectivity index (χ2v) is 6.53. The molecule has 6 nitrogen and oxygen atoms in total. The quantitative estimate of drug-likeness (QED) is 0.582. The molecule has 24 heavy (non-hydrogen) atoms. The normalized spacial score (nSPS) is 12.0. The van der Waals surface area contributed by atoms with E-state index in [4.69, 9.17) is 9.47 Å². The molecular formula is C17H22N2O4S. The number of nitrogens with zero attached hydrogens (tertiary/aromatic N) is 2. The summed E-state index contributed by atoms with van der Waals surface area (Å²) < 4.78 is 11.8. The van der Waals surface area contributed by atoms with E-state index in [-0.39, 0.29) is 17.8 Å². The van der Waals surface area contributed by atoms with E-state index in [0.717, 1.165) is 23.4 Å². The monoisotopic (exact) mass is 350 g/mol. The Bertz CT molecular complexity index is 670. The van der Waals surface area contributed by atoms with Crippen molar-refractivity contribution in [3.8, 4) is 5.75 Å². The fourth-order valence-corrected chi connectivity index (χ4v) is 3.21. The Labute approximate surface area is 145 Å². The first-order valence-corrected chi connectivity index (χ1v) is 8.49. The number of benzene rings is 1. The van der Waals surface area contributed by atoms with Crippen LogP contribution in [0.5, 0.6) is 5.75 Å². The fraction of sp³-hybridized carbons (Fsp3) is 0.412. The van der Waals surface area contributed by atoms with Crippen LogP contribution in [0.15, 0.2) is 35.6 Å². The van der Waals surface area contributed by atoms with Crippen LogP contribution in [0.1, 0.15) is 18.2 Å². The molecule has 0 aliphatic heterocycles. The number of aliphatic hydroxyl groups excluding tert-OH is 1. The van der Waals surface area contributed by atoms with Crippen molar-refractivity contribution >= 4 is 17.7 Å². The molecule has 1 heterocycles. The Morgan fingerprint density at radius 2 is 2.04 bits per heavy atom. The van der Waals surface area contributed by atoms with Gasteiger partial charge in [0, 0.05) is 6.54 Å². The molecule has 7 heteroatoms. The molecule has 1 N–H and O–H groups in total. The molecule has 0 bridgehead atoms. The number of methoxy groups -OCH3 is 2. The van der Waals surface area contributed by atoms with Gasteiger partial charge in [-0.2, -0.15) is 0 Å². The summed E-state index contributed by atoms with van der Waals surface area (Å²) in [5.41, 5.74) is 1.88. The highest BCUT2D eigenvalue weighted by Gasteiger charge is 2.19. The molecule has 0 saturated carbocycles. The molecule has 1 aromatic heterocycles. The summed E-state index contributed by atoms with van der Waals surface area (Å²) in [6.45, 7) is 2.35. The molecular weight excluding hydrogens is 328 g/mol. The lowest BCUT2D eigenvalue weighted by atomic mass is 10.1.